The fourth-order valence-electron chi connectivity index (χ4n) is 3.95. The van der Waals surface area contributed by atoms with Gasteiger partial charge in [-0.1, -0.05) is 38.1 Å². The van der Waals surface area contributed by atoms with E-state index in [0.29, 0.717) is 10.1 Å². The van der Waals surface area contributed by atoms with Crippen molar-refractivity contribution in [2.45, 2.75) is 89.7 Å². The predicted octanol–water partition coefficient (Wildman–Crippen LogP) is 7.71. The zero-order valence-electron chi connectivity index (χ0n) is 25.1. The van der Waals surface area contributed by atoms with Gasteiger partial charge >= 0.3 is 5.97 Å². The van der Waals surface area contributed by atoms with Crippen LogP contribution >= 0.6 is 22.7 Å². The molecule has 0 aliphatic heterocycles. The molecule has 4 aromatic rings. The Labute approximate surface area is 257 Å². The number of hydrogen-bond donors (Lipinski definition) is 1. The molecule has 3 aromatic heterocycles. The summed E-state index contributed by atoms with van der Waals surface area (Å²) in [6, 6.07) is 15.2. The quantitative estimate of drug-likeness (QED) is 0.199. The number of rotatable bonds is 8. The predicted molar refractivity (Wildman–Crippen MR) is 172 cm³/mol. The van der Waals surface area contributed by atoms with Crippen molar-refractivity contribution >= 4 is 49.7 Å². The number of hydrogen-bond acceptors (Lipinski definition) is 9. The van der Waals surface area contributed by atoms with E-state index in [4.69, 9.17) is 14.5 Å². The molecule has 0 radical (unpaired) electrons. The molecule has 0 saturated heterocycles. The van der Waals surface area contributed by atoms with Crippen molar-refractivity contribution < 1.29 is 22.7 Å². The van der Waals surface area contributed by atoms with Crippen molar-refractivity contribution in [2.24, 2.45) is 5.92 Å². The standard InChI is InChI=1S/C15H14N2OS.C9H16O2.C7H11NO2S2/c1-10(2)18-15-14(13-8-5-9-19-13)16-11-6-3-4-7-12(11)17-15;1-7(2)9(10)11-8-5-3-4-6-8;1-6(2)8-12(9,10)7-4-3-5-11-7/h3-10H,1-2H3;7-8H,3-6H2,1-2H3;3-6,8H,1-2H3. The van der Waals surface area contributed by atoms with Crippen molar-refractivity contribution in [1.29, 1.82) is 0 Å². The molecule has 1 saturated carbocycles. The molecule has 1 aliphatic carbocycles. The molecule has 0 spiro atoms. The summed E-state index contributed by atoms with van der Waals surface area (Å²) in [6.45, 7) is 11.3. The van der Waals surface area contributed by atoms with Gasteiger partial charge < -0.3 is 9.47 Å². The lowest BCUT2D eigenvalue weighted by molar-refractivity contribution is -0.152. The highest BCUT2D eigenvalue weighted by Gasteiger charge is 2.20. The van der Waals surface area contributed by atoms with Gasteiger partial charge in [0.15, 0.2) is 0 Å². The fourth-order valence-corrected chi connectivity index (χ4v) is 6.92. The molecule has 1 aromatic carbocycles. The van der Waals surface area contributed by atoms with Crippen molar-refractivity contribution in [1.82, 2.24) is 14.7 Å². The van der Waals surface area contributed by atoms with Gasteiger partial charge in [-0.25, -0.2) is 23.1 Å². The Morgan fingerprint density at radius 2 is 1.50 bits per heavy atom. The minimum absolute atomic E-state index is 0.0237. The number of carbonyl (C=O) groups is 1. The summed E-state index contributed by atoms with van der Waals surface area (Å²) in [5.41, 5.74) is 2.57. The largest absolute Gasteiger partial charge is 0.473 e. The van der Waals surface area contributed by atoms with E-state index in [1.54, 1.807) is 42.7 Å². The summed E-state index contributed by atoms with van der Waals surface area (Å²) in [5, 5.41) is 3.78. The van der Waals surface area contributed by atoms with Gasteiger partial charge in [-0.3, -0.25) is 4.79 Å². The third kappa shape index (κ3) is 10.4. The van der Waals surface area contributed by atoms with Crippen LogP contribution in [0.3, 0.4) is 0 Å². The Morgan fingerprint density at radius 3 is 2.02 bits per heavy atom. The Bertz CT molecular complexity index is 1480. The molecule has 0 amide bonds. The lowest BCUT2D eigenvalue weighted by Crippen LogP contribution is -2.29. The van der Waals surface area contributed by atoms with E-state index in [9.17, 15) is 13.2 Å². The molecule has 0 atom stereocenters. The zero-order chi connectivity index (χ0) is 30.7. The third-order valence-corrected chi connectivity index (χ3v) is 9.78. The molecule has 11 heteroatoms. The van der Waals surface area contributed by atoms with Crippen LogP contribution in [0.4, 0.5) is 0 Å². The van der Waals surface area contributed by atoms with Crippen molar-refractivity contribution in [2.75, 3.05) is 0 Å². The first kappa shape index (κ1) is 33.6. The summed E-state index contributed by atoms with van der Waals surface area (Å²) < 4.78 is 36.7. The van der Waals surface area contributed by atoms with Crippen LogP contribution in [0.2, 0.25) is 0 Å². The number of nitrogens with one attached hydrogen (secondary N) is 1. The molecule has 8 nitrogen and oxygen atoms in total. The van der Waals surface area contributed by atoms with Crippen LogP contribution in [0.15, 0.2) is 63.5 Å². The second-order valence-electron chi connectivity index (χ2n) is 10.7. The van der Waals surface area contributed by atoms with E-state index in [2.05, 4.69) is 9.71 Å². The van der Waals surface area contributed by atoms with Crippen molar-refractivity contribution in [3.63, 3.8) is 0 Å². The molecular formula is C31H41N3O5S3. The van der Waals surface area contributed by atoms with Crippen LogP contribution in [0.1, 0.15) is 67.2 Å². The lowest BCUT2D eigenvalue weighted by Gasteiger charge is -2.12. The van der Waals surface area contributed by atoms with E-state index < -0.39 is 10.0 Å². The molecular weight excluding hydrogens is 591 g/mol. The first-order valence-electron chi connectivity index (χ1n) is 14.2. The van der Waals surface area contributed by atoms with E-state index in [0.717, 1.165) is 34.4 Å². The molecule has 1 N–H and O–H groups in total. The molecule has 0 bridgehead atoms. The molecule has 1 aliphatic rings. The number of thiophene rings is 2. The van der Waals surface area contributed by atoms with Crippen LogP contribution in [0.5, 0.6) is 5.88 Å². The van der Waals surface area contributed by atoms with E-state index >= 15 is 0 Å². The van der Waals surface area contributed by atoms with Crippen molar-refractivity contribution in [3.8, 4) is 16.5 Å². The maximum absolute atomic E-state index is 11.4. The summed E-state index contributed by atoms with van der Waals surface area (Å²) in [7, 11) is -3.25. The average Bonchev–Trinajstić information content (AvgIpc) is 3.72. The number of para-hydroxylation sites is 2. The Balaban J connectivity index is 0.000000183. The highest BCUT2D eigenvalue weighted by molar-refractivity contribution is 7.91. The maximum atomic E-state index is 11.4. The van der Waals surface area contributed by atoms with E-state index in [-0.39, 0.29) is 30.1 Å². The summed E-state index contributed by atoms with van der Waals surface area (Å²) in [5.74, 6) is 0.587. The normalized spacial score (nSPS) is 13.5. The SMILES string of the molecule is CC(C)C(=O)OC1CCCC1.CC(C)NS(=O)(=O)c1cccs1.CC(C)Oc1nc2ccccc2nc1-c1cccs1. The van der Waals surface area contributed by atoms with Gasteiger partial charge in [-0.15, -0.1) is 22.7 Å². The van der Waals surface area contributed by atoms with Gasteiger partial charge in [0.25, 0.3) is 0 Å². The number of benzene rings is 1. The van der Waals surface area contributed by atoms with E-state index in [1.165, 1.54) is 24.2 Å². The van der Waals surface area contributed by atoms with Crippen LogP contribution in [0.25, 0.3) is 21.6 Å². The lowest BCUT2D eigenvalue weighted by atomic mass is 10.2. The van der Waals surface area contributed by atoms with Crippen LogP contribution in [-0.4, -0.2) is 42.6 Å². The van der Waals surface area contributed by atoms with Gasteiger partial charge in [-0.05, 0) is 88.4 Å². The second-order valence-corrected chi connectivity index (χ2v) is 14.6. The number of sulfonamides is 1. The molecule has 228 valence electrons. The van der Waals surface area contributed by atoms with Crippen LogP contribution in [-0.2, 0) is 19.6 Å². The Morgan fingerprint density at radius 1 is 0.881 bits per heavy atom. The fraction of sp³-hybridized carbons (Fsp3) is 0.452. The van der Waals surface area contributed by atoms with Gasteiger partial charge in [0.1, 0.15) is 16.0 Å². The van der Waals surface area contributed by atoms with Gasteiger partial charge in [0.05, 0.1) is 27.9 Å². The third-order valence-electron chi connectivity index (χ3n) is 5.85. The van der Waals surface area contributed by atoms with Gasteiger partial charge in [0.2, 0.25) is 15.9 Å². The molecule has 5 rings (SSSR count). The van der Waals surface area contributed by atoms with E-state index in [1.807, 2.05) is 69.5 Å². The van der Waals surface area contributed by atoms with Crippen molar-refractivity contribution in [3.05, 3.63) is 59.3 Å². The average molecular weight is 632 g/mol. The zero-order valence-corrected chi connectivity index (χ0v) is 27.5. The monoisotopic (exact) mass is 631 g/mol. The molecule has 0 unspecified atom stereocenters. The minimum atomic E-state index is -3.25. The topological polar surface area (TPSA) is 107 Å². The highest BCUT2D eigenvalue weighted by atomic mass is 32.2. The number of nitrogens with zero attached hydrogens (tertiary/aromatic N) is 2. The smallest absolute Gasteiger partial charge is 0.308 e. The van der Waals surface area contributed by atoms with Crippen LogP contribution < -0.4 is 9.46 Å². The summed E-state index contributed by atoms with van der Waals surface area (Å²) in [4.78, 5) is 21.4. The molecule has 3 heterocycles. The second kappa shape index (κ2) is 16.1. The Hall–Kier alpha value is -2.86. The maximum Gasteiger partial charge on any atom is 0.308 e. The first-order valence-corrected chi connectivity index (χ1v) is 17.4. The van der Waals surface area contributed by atoms with Gasteiger partial charge in [0, 0.05) is 6.04 Å². The number of ether oxygens (including phenoxy) is 2. The Kier molecular flexibility index (Phi) is 12.9. The molecule has 1 fully saturated rings. The molecule has 42 heavy (non-hydrogen) atoms. The number of esters is 1. The number of aromatic nitrogens is 2. The first-order chi connectivity index (χ1) is 20.0. The van der Waals surface area contributed by atoms with Gasteiger partial charge in [-0.2, -0.15) is 0 Å². The number of carbonyl (C=O) groups excluding carboxylic acids is 1. The summed E-state index contributed by atoms with van der Waals surface area (Å²) >= 11 is 2.86. The minimum Gasteiger partial charge on any atom is -0.473 e. The highest BCUT2D eigenvalue weighted by Crippen LogP contribution is 2.32. The summed E-state index contributed by atoms with van der Waals surface area (Å²) in [6.07, 6.45) is 4.88. The number of fused-ring (bicyclic) bond motifs is 1. The van der Waals surface area contributed by atoms with Crippen LogP contribution in [0, 0.1) is 5.92 Å².